The van der Waals surface area contributed by atoms with E-state index in [0.29, 0.717) is 5.56 Å². The number of hydrogen-bond donors (Lipinski definition) is 1. The van der Waals surface area contributed by atoms with Gasteiger partial charge in [-0.25, -0.2) is 0 Å². The van der Waals surface area contributed by atoms with Crippen LogP contribution in [0.3, 0.4) is 0 Å². The third kappa shape index (κ3) is 2.68. The van der Waals surface area contributed by atoms with Crippen LogP contribution >= 0.6 is 11.3 Å². The maximum absolute atomic E-state index is 10.3. The van der Waals surface area contributed by atoms with E-state index in [1.807, 2.05) is 0 Å². The van der Waals surface area contributed by atoms with Crippen LogP contribution in [0, 0.1) is 10.1 Å². The molecule has 1 aromatic heterocycles. The minimum absolute atomic E-state index is 0.0455. The lowest BCUT2D eigenvalue weighted by atomic mass is 10.3. The van der Waals surface area contributed by atoms with Gasteiger partial charge in [-0.2, -0.15) is 0 Å². The lowest BCUT2D eigenvalue weighted by Crippen LogP contribution is -2.04. The standard InChI is InChI=1S/C7H6N2O3S/c8-6(10)2-1-5-3-7(9(11)12)13-4-5/h1-4H,(H2,8,10)/b2-1+. The summed E-state index contributed by atoms with van der Waals surface area (Å²) in [5.41, 5.74) is 5.46. The third-order valence-electron chi connectivity index (χ3n) is 1.23. The number of nitrogens with two attached hydrogens (primary N) is 1. The maximum Gasteiger partial charge on any atom is 0.324 e. The number of carbonyl (C=O) groups is 1. The normalized spacial score (nSPS) is 10.5. The summed E-state index contributed by atoms with van der Waals surface area (Å²) in [6.07, 6.45) is 2.59. The lowest BCUT2D eigenvalue weighted by Gasteiger charge is -1.81. The van der Waals surface area contributed by atoms with Crippen molar-refractivity contribution in [3.8, 4) is 0 Å². The van der Waals surface area contributed by atoms with Gasteiger partial charge < -0.3 is 5.73 Å². The SMILES string of the molecule is NC(=O)/C=C/c1csc([N+](=O)[O-])c1. The lowest BCUT2D eigenvalue weighted by molar-refractivity contribution is -0.380. The molecule has 0 fully saturated rings. The molecule has 1 amide bonds. The zero-order valence-electron chi connectivity index (χ0n) is 6.47. The first-order valence-corrected chi connectivity index (χ1v) is 4.18. The van der Waals surface area contributed by atoms with Crippen LogP contribution in [0.4, 0.5) is 5.00 Å². The molecule has 0 unspecified atom stereocenters. The fourth-order valence-electron chi connectivity index (χ4n) is 0.701. The summed E-state index contributed by atoms with van der Waals surface area (Å²) in [6, 6.07) is 1.38. The fourth-order valence-corrected chi connectivity index (χ4v) is 1.39. The highest BCUT2D eigenvalue weighted by molar-refractivity contribution is 7.13. The Kier molecular flexibility index (Phi) is 2.76. The molecule has 5 nitrogen and oxygen atoms in total. The highest BCUT2D eigenvalue weighted by atomic mass is 32.1. The zero-order valence-corrected chi connectivity index (χ0v) is 7.28. The largest absolute Gasteiger partial charge is 0.366 e. The number of nitrogens with zero attached hydrogens (tertiary/aromatic N) is 1. The average Bonchev–Trinajstić information content (AvgIpc) is 2.48. The van der Waals surface area contributed by atoms with Gasteiger partial charge in [0.25, 0.3) is 0 Å². The van der Waals surface area contributed by atoms with E-state index >= 15 is 0 Å². The summed E-state index contributed by atoms with van der Waals surface area (Å²) >= 11 is 1.01. The number of primary amides is 1. The summed E-state index contributed by atoms with van der Waals surface area (Å²) in [4.78, 5) is 20.1. The van der Waals surface area contributed by atoms with Crippen molar-refractivity contribution in [3.05, 3.63) is 33.2 Å². The summed E-state index contributed by atoms with van der Waals surface area (Å²) in [7, 11) is 0. The van der Waals surface area contributed by atoms with E-state index in [-0.39, 0.29) is 5.00 Å². The Hall–Kier alpha value is -1.69. The van der Waals surface area contributed by atoms with Crippen molar-refractivity contribution >= 4 is 28.3 Å². The van der Waals surface area contributed by atoms with Gasteiger partial charge in [0.2, 0.25) is 5.91 Å². The van der Waals surface area contributed by atoms with Gasteiger partial charge in [0, 0.05) is 17.5 Å². The highest BCUT2D eigenvalue weighted by Gasteiger charge is 2.07. The van der Waals surface area contributed by atoms with E-state index in [0.717, 1.165) is 17.4 Å². The second-order valence-corrected chi connectivity index (χ2v) is 3.10. The summed E-state index contributed by atoms with van der Waals surface area (Å²) in [5, 5.41) is 11.9. The van der Waals surface area contributed by atoms with Gasteiger partial charge in [0.05, 0.1) is 4.92 Å². The Morgan fingerprint density at radius 1 is 1.69 bits per heavy atom. The first kappa shape index (κ1) is 9.40. The van der Waals surface area contributed by atoms with Crippen LogP contribution in [0.5, 0.6) is 0 Å². The highest BCUT2D eigenvalue weighted by Crippen LogP contribution is 2.23. The molecule has 13 heavy (non-hydrogen) atoms. The van der Waals surface area contributed by atoms with Crippen molar-refractivity contribution in [2.75, 3.05) is 0 Å². The molecule has 1 rings (SSSR count). The van der Waals surface area contributed by atoms with Gasteiger partial charge in [0.1, 0.15) is 0 Å². The summed E-state index contributed by atoms with van der Waals surface area (Å²) in [5.74, 6) is -0.575. The Morgan fingerprint density at radius 2 is 2.38 bits per heavy atom. The second kappa shape index (κ2) is 3.81. The van der Waals surface area contributed by atoms with Crippen LogP contribution in [0.1, 0.15) is 5.56 Å². The predicted molar refractivity (Wildman–Crippen MR) is 49.2 cm³/mol. The predicted octanol–water partition coefficient (Wildman–Crippen LogP) is 1.15. The third-order valence-corrected chi connectivity index (χ3v) is 2.12. The van der Waals surface area contributed by atoms with Gasteiger partial charge in [-0.1, -0.05) is 11.3 Å². The Morgan fingerprint density at radius 3 is 2.85 bits per heavy atom. The van der Waals surface area contributed by atoms with Crippen molar-refractivity contribution in [1.29, 1.82) is 0 Å². The van der Waals surface area contributed by atoms with Crippen LogP contribution in [-0.2, 0) is 4.79 Å². The Balaban J connectivity index is 2.80. The molecule has 68 valence electrons. The number of amides is 1. The van der Waals surface area contributed by atoms with Crippen molar-refractivity contribution in [2.45, 2.75) is 0 Å². The molecule has 0 bridgehead atoms. The number of nitro groups is 1. The molecule has 2 N–H and O–H groups in total. The minimum atomic E-state index is -0.575. The summed E-state index contributed by atoms with van der Waals surface area (Å²) in [6.45, 7) is 0. The Bertz CT molecular complexity index is 370. The number of carbonyl (C=O) groups excluding carboxylic acids is 1. The van der Waals surface area contributed by atoms with Crippen LogP contribution in [0.25, 0.3) is 6.08 Å². The Labute approximate surface area is 77.6 Å². The van der Waals surface area contributed by atoms with Gasteiger partial charge in [0.15, 0.2) is 0 Å². The average molecular weight is 198 g/mol. The van der Waals surface area contributed by atoms with Crippen LogP contribution in [0.15, 0.2) is 17.5 Å². The van der Waals surface area contributed by atoms with Crippen molar-refractivity contribution in [2.24, 2.45) is 5.73 Å². The van der Waals surface area contributed by atoms with E-state index in [1.165, 1.54) is 12.1 Å². The number of rotatable bonds is 3. The van der Waals surface area contributed by atoms with Gasteiger partial charge in [-0.3, -0.25) is 14.9 Å². The smallest absolute Gasteiger partial charge is 0.324 e. The molecule has 0 radical (unpaired) electrons. The van der Waals surface area contributed by atoms with E-state index in [2.05, 4.69) is 0 Å². The van der Waals surface area contributed by atoms with Crippen LogP contribution < -0.4 is 5.73 Å². The monoisotopic (exact) mass is 198 g/mol. The maximum atomic E-state index is 10.3. The van der Waals surface area contributed by atoms with Crippen molar-refractivity contribution < 1.29 is 9.72 Å². The fraction of sp³-hybridized carbons (Fsp3) is 0. The van der Waals surface area contributed by atoms with Crippen LogP contribution in [-0.4, -0.2) is 10.8 Å². The molecule has 6 heteroatoms. The minimum Gasteiger partial charge on any atom is -0.366 e. The van der Waals surface area contributed by atoms with Gasteiger partial charge >= 0.3 is 5.00 Å². The molecule has 0 atom stereocenters. The first-order valence-electron chi connectivity index (χ1n) is 3.30. The molecule has 0 aromatic carbocycles. The molecule has 0 saturated heterocycles. The van der Waals surface area contributed by atoms with E-state index < -0.39 is 10.8 Å². The second-order valence-electron chi connectivity index (χ2n) is 2.21. The van der Waals surface area contributed by atoms with Gasteiger partial charge in [-0.05, 0) is 11.6 Å². The first-order chi connectivity index (χ1) is 6.09. The van der Waals surface area contributed by atoms with Gasteiger partial charge in [-0.15, -0.1) is 0 Å². The molecule has 0 saturated carbocycles. The molecule has 0 spiro atoms. The molecule has 1 aromatic rings. The van der Waals surface area contributed by atoms with Crippen LogP contribution in [0.2, 0.25) is 0 Å². The zero-order chi connectivity index (χ0) is 9.84. The number of thiophene rings is 1. The van der Waals surface area contributed by atoms with Crippen molar-refractivity contribution in [1.82, 2.24) is 0 Å². The quantitative estimate of drug-likeness (QED) is 0.449. The molecule has 1 heterocycles. The van der Waals surface area contributed by atoms with E-state index in [1.54, 1.807) is 5.38 Å². The van der Waals surface area contributed by atoms with E-state index in [9.17, 15) is 14.9 Å². The molecular formula is C7H6N2O3S. The topological polar surface area (TPSA) is 86.2 Å². The molecule has 0 aliphatic rings. The summed E-state index contributed by atoms with van der Waals surface area (Å²) < 4.78 is 0. The van der Waals surface area contributed by atoms with Crippen molar-refractivity contribution in [3.63, 3.8) is 0 Å². The molecule has 0 aliphatic carbocycles. The van der Waals surface area contributed by atoms with E-state index in [4.69, 9.17) is 5.73 Å². The molecule has 0 aliphatic heterocycles. The molecular weight excluding hydrogens is 192 g/mol. The number of hydrogen-bond acceptors (Lipinski definition) is 4.